The lowest BCUT2D eigenvalue weighted by Gasteiger charge is -2.12. The molecule has 6 aromatic rings. The van der Waals surface area contributed by atoms with Crippen LogP contribution in [0.25, 0.3) is 33.5 Å². The Balaban J connectivity index is 1.15. The number of hydrogen-bond acceptors (Lipinski definition) is 13. The minimum Gasteiger partial charge on any atom is -0.478 e. The standard InChI is InChI=1S/C33H29N7O9/c1-2-46-32-34-28-12-6-11-27(31(41)42)29(28)38(32)18-21-13-15-23(16-14-21)25-9-3-4-10-26(25)30-35-37-39(36-30)20-47-33(43)49-24-8-5-7-22(17-24)19-48-40(44)45/h3-17,44-45H,2,18-20H2,1H3,(H,41,42). The summed E-state index contributed by atoms with van der Waals surface area (Å²) in [6.07, 6.45) is -1.01. The van der Waals surface area contributed by atoms with Crippen LogP contribution in [0.1, 0.15) is 28.4 Å². The number of carbonyl (C=O) groups excluding carboxylic acids is 1. The summed E-state index contributed by atoms with van der Waals surface area (Å²) in [5, 5.41) is 39.3. The fourth-order valence-corrected chi connectivity index (χ4v) is 5.10. The highest BCUT2D eigenvalue weighted by molar-refractivity contribution is 6.01. The summed E-state index contributed by atoms with van der Waals surface area (Å²) in [6.45, 7) is 2.01. The number of imidazole rings is 1. The van der Waals surface area contributed by atoms with Crippen molar-refractivity contribution in [1.82, 2.24) is 35.1 Å². The predicted molar refractivity (Wildman–Crippen MR) is 169 cm³/mol. The molecule has 2 aromatic heterocycles. The molecule has 0 unspecified atom stereocenters. The van der Waals surface area contributed by atoms with Gasteiger partial charge >= 0.3 is 12.1 Å². The van der Waals surface area contributed by atoms with Gasteiger partial charge in [0.2, 0.25) is 12.6 Å². The van der Waals surface area contributed by atoms with Gasteiger partial charge in [0.1, 0.15) is 5.75 Å². The Morgan fingerprint density at radius 3 is 2.43 bits per heavy atom. The molecule has 49 heavy (non-hydrogen) atoms. The lowest BCUT2D eigenvalue weighted by molar-refractivity contribution is -0.497. The van der Waals surface area contributed by atoms with E-state index in [1.165, 1.54) is 12.1 Å². The van der Waals surface area contributed by atoms with E-state index in [0.717, 1.165) is 21.5 Å². The molecule has 0 aliphatic rings. The maximum absolute atomic E-state index is 12.3. The first kappa shape index (κ1) is 32.7. The number of carboxylic acids is 1. The van der Waals surface area contributed by atoms with Crippen LogP contribution in [0.3, 0.4) is 0 Å². The number of rotatable bonds is 13. The largest absolute Gasteiger partial charge is 0.515 e. The predicted octanol–water partition coefficient (Wildman–Crippen LogP) is 5.19. The van der Waals surface area contributed by atoms with Crippen LogP contribution in [0.4, 0.5) is 4.79 Å². The number of carbonyl (C=O) groups is 2. The van der Waals surface area contributed by atoms with Crippen molar-refractivity contribution in [3.05, 3.63) is 108 Å². The smallest absolute Gasteiger partial charge is 0.478 e. The van der Waals surface area contributed by atoms with Gasteiger partial charge in [0.25, 0.3) is 6.01 Å². The average Bonchev–Trinajstić information content (AvgIpc) is 3.72. The third-order valence-corrected chi connectivity index (χ3v) is 7.21. The normalized spacial score (nSPS) is 11.2. The van der Waals surface area contributed by atoms with Crippen LogP contribution in [0, 0.1) is 0 Å². The Hall–Kier alpha value is -6.20. The molecule has 2 heterocycles. The Labute approximate surface area is 277 Å². The topological polar surface area (TPSA) is 196 Å². The third-order valence-electron chi connectivity index (χ3n) is 7.21. The SMILES string of the molecule is CCOc1nc2cccc(C(=O)O)c2n1Cc1ccc(-c2ccccc2-c2nnn(COC(=O)Oc3cccc(CON(O)O)c3)n2)cc1. The average molecular weight is 668 g/mol. The van der Waals surface area contributed by atoms with Gasteiger partial charge in [-0.1, -0.05) is 66.7 Å². The number of para-hydroxylation sites is 1. The molecule has 250 valence electrons. The number of carboxylic acid groups (broad SMARTS) is 1. The van der Waals surface area contributed by atoms with Crippen molar-refractivity contribution in [2.24, 2.45) is 0 Å². The minimum atomic E-state index is -1.05. The van der Waals surface area contributed by atoms with Gasteiger partial charge in [-0.05, 0) is 58.7 Å². The summed E-state index contributed by atoms with van der Waals surface area (Å²) < 4.78 is 17.8. The molecule has 6 rings (SSSR count). The van der Waals surface area contributed by atoms with E-state index < -0.39 is 17.5 Å². The van der Waals surface area contributed by atoms with Crippen LogP contribution in [0.15, 0.2) is 91.0 Å². The van der Waals surface area contributed by atoms with Gasteiger partial charge in [-0.25, -0.2) is 14.4 Å². The number of ether oxygens (including phenoxy) is 3. The van der Waals surface area contributed by atoms with Crippen LogP contribution in [-0.2, 0) is 29.5 Å². The lowest BCUT2D eigenvalue weighted by atomic mass is 9.98. The highest BCUT2D eigenvalue weighted by Gasteiger charge is 2.19. The summed E-state index contributed by atoms with van der Waals surface area (Å²) in [7, 11) is 0. The van der Waals surface area contributed by atoms with Gasteiger partial charge < -0.3 is 19.3 Å². The molecular weight excluding hydrogens is 638 g/mol. The zero-order chi connectivity index (χ0) is 34.3. The number of nitrogens with zero attached hydrogens (tertiary/aromatic N) is 7. The number of aromatic nitrogens is 6. The van der Waals surface area contributed by atoms with E-state index in [1.54, 1.807) is 34.9 Å². The first-order valence-electron chi connectivity index (χ1n) is 14.8. The van der Waals surface area contributed by atoms with Crippen LogP contribution in [-0.4, -0.2) is 69.4 Å². The van der Waals surface area contributed by atoms with E-state index >= 15 is 0 Å². The Morgan fingerprint density at radius 2 is 1.67 bits per heavy atom. The first-order chi connectivity index (χ1) is 23.8. The monoisotopic (exact) mass is 667 g/mol. The summed E-state index contributed by atoms with van der Waals surface area (Å²) in [4.78, 5) is 34.4. The van der Waals surface area contributed by atoms with Gasteiger partial charge in [0.05, 0.1) is 41.7 Å². The number of fused-ring (bicyclic) bond motifs is 1. The highest BCUT2D eigenvalue weighted by Crippen LogP contribution is 2.31. The van der Waals surface area contributed by atoms with Gasteiger partial charge in [0.15, 0.2) is 0 Å². The van der Waals surface area contributed by atoms with Crippen molar-refractivity contribution in [3.8, 4) is 34.3 Å². The second-order valence-corrected chi connectivity index (χ2v) is 10.4. The first-order valence-corrected chi connectivity index (χ1v) is 14.8. The molecule has 0 saturated heterocycles. The Bertz CT molecular complexity index is 2090. The number of hydrogen-bond donors (Lipinski definition) is 3. The molecule has 0 atom stereocenters. The van der Waals surface area contributed by atoms with Crippen molar-refractivity contribution in [1.29, 1.82) is 0 Å². The third kappa shape index (κ3) is 7.69. The molecule has 0 saturated carbocycles. The molecule has 0 radical (unpaired) electrons. The molecule has 0 bridgehead atoms. The highest BCUT2D eigenvalue weighted by atomic mass is 17.1. The zero-order valence-corrected chi connectivity index (χ0v) is 25.9. The van der Waals surface area contributed by atoms with E-state index in [1.807, 2.05) is 55.5 Å². The summed E-state index contributed by atoms with van der Waals surface area (Å²) >= 11 is 0. The van der Waals surface area contributed by atoms with Crippen LogP contribution in [0.5, 0.6) is 11.8 Å². The molecule has 0 aliphatic heterocycles. The molecule has 0 aliphatic carbocycles. The van der Waals surface area contributed by atoms with E-state index in [2.05, 4.69) is 25.2 Å². The second-order valence-electron chi connectivity index (χ2n) is 10.4. The molecule has 4 aromatic carbocycles. The summed E-state index contributed by atoms with van der Waals surface area (Å²) in [6, 6.07) is 26.8. The molecule has 0 spiro atoms. The quantitative estimate of drug-likeness (QED) is 0.0827. The van der Waals surface area contributed by atoms with Crippen LogP contribution >= 0.6 is 0 Å². The van der Waals surface area contributed by atoms with Crippen molar-refractivity contribution in [2.75, 3.05) is 6.61 Å². The van der Waals surface area contributed by atoms with Crippen molar-refractivity contribution >= 4 is 23.2 Å². The van der Waals surface area contributed by atoms with Crippen LogP contribution < -0.4 is 9.47 Å². The summed E-state index contributed by atoms with van der Waals surface area (Å²) in [5.74, 6) is -0.592. The number of aromatic carboxylic acids is 1. The fraction of sp³-hybridized carbons (Fsp3) is 0.152. The summed E-state index contributed by atoms with van der Waals surface area (Å²) in [5.41, 5.74) is 4.97. The Morgan fingerprint density at radius 1 is 0.898 bits per heavy atom. The minimum absolute atomic E-state index is 0.140. The number of tetrazole rings is 1. The second kappa shape index (κ2) is 14.7. The molecule has 0 amide bonds. The molecule has 3 N–H and O–H groups in total. The molecule has 16 nitrogen and oxygen atoms in total. The van der Waals surface area contributed by atoms with Crippen molar-refractivity contribution in [3.63, 3.8) is 0 Å². The molecule has 0 fully saturated rings. The van der Waals surface area contributed by atoms with E-state index in [0.29, 0.717) is 47.1 Å². The van der Waals surface area contributed by atoms with Gasteiger partial charge in [-0.15, -0.1) is 15.0 Å². The van der Waals surface area contributed by atoms with Gasteiger partial charge in [-0.3, -0.25) is 15.0 Å². The zero-order valence-electron chi connectivity index (χ0n) is 25.9. The van der Waals surface area contributed by atoms with Crippen molar-refractivity contribution < 1.29 is 44.2 Å². The van der Waals surface area contributed by atoms with E-state index in [4.69, 9.17) is 24.6 Å². The maximum atomic E-state index is 12.3. The molecular formula is C33H29N7O9. The fourth-order valence-electron chi connectivity index (χ4n) is 5.10. The van der Waals surface area contributed by atoms with Gasteiger partial charge in [-0.2, -0.15) is 4.98 Å². The van der Waals surface area contributed by atoms with Gasteiger partial charge in [0, 0.05) is 5.56 Å². The number of benzene rings is 4. The maximum Gasteiger partial charge on any atom is 0.515 e. The van der Waals surface area contributed by atoms with Crippen molar-refractivity contribution in [2.45, 2.75) is 26.8 Å². The van der Waals surface area contributed by atoms with Crippen LogP contribution in [0.2, 0.25) is 0 Å². The lowest BCUT2D eigenvalue weighted by Crippen LogP contribution is -2.16. The Kier molecular flexibility index (Phi) is 9.82. The van der Waals surface area contributed by atoms with E-state index in [-0.39, 0.29) is 24.7 Å². The van der Waals surface area contributed by atoms with E-state index in [9.17, 15) is 14.7 Å². The molecule has 16 heteroatoms.